The van der Waals surface area contributed by atoms with Crippen molar-refractivity contribution in [3.05, 3.63) is 70.9 Å². The Morgan fingerprint density at radius 3 is 2.89 bits per heavy atom. The molecule has 0 fully saturated rings. The molecule has 4 aromatic heterocycles. The van der Waals surface area contributed by atoms with E-state index >= 15 is 0 Å². The van der Waals surface area contributed by atoms with Gasteiger partial charge in [0, 0.05) is 24.7 Å². The van der Waals surface area contributed by atoms with E-state index in [9.17, 15) is 9.59 Å². The molecule has 0 saturated heterocycles. The second-order valence-corrected chi connectivity index (χ2v) is 5.66. The standard InChI is InChI=1S/C18H13N5O5/c1-26-18(25)14-4-3-12(27-14)10-23-9-11(2-5-15(23)24)17-21-16(22-28-17)13-8-19-6-7-20-13/h2-9H,10H2,1H3. The highest BCUT2D eigenvalue weighted by Gasteiger charge is 2.15. The molecule has 0 N–H and O–H groups in total. The summed E-state index contributed by atoms with van der Waals surface area (Å²) in [5, 5.41) is 3.89. The summed E-state index contributed by atoms with van der Waals surface area (Å²) in [6.45, 7) is 0.120. The molecular weight excluding hydrogens is 366 g/mol. The molecule has 4 rings (SSSR count). The van der Waals surface area contributed by atoms with E-state index < -0.39 is 5.97 Å². The van der Waals surface area contributed by atoms with Crippen LogP contribution in [0.4, 0.5) is 0 Å². The van der Waals surface area contributed by atoms with Crippen LogP contribution in [0.2, 0.25) is 0 Å². The Bertz CT molecular complexity index is 1180. The van der Waals surface area contributed by atoms with Crippen molar-refractivity contribution >= 4 is 5.97 Å². The second kappa shape index (κ2) is 7.27. The first kappa shape index (κ1) is 17.3. The van der Waals surface area contributed by atoms with Gasteiger partial charge in [0.15, 0.2) is 0 Å². The Balaban J connectivity index is 1.61. The van der Waals surface area contributed by atoms with Crippen molar-refractivity contribution in [3.8, 4) is 23.0 Å². The summed E-state index contributed by atoms with van der Waals surface area (Å²) >= 11 is 0. The summed E-state index contributed by atoms with van der Waals surface area (Å²) < 4.78 is 16.7. The number of hydrogen-bond acceptors (Lipinski definition) is 9. The molecule has 10 heteroatoms. The fourth-order valence-corrected chi connectivity index (χ4v) is 2.48. The number of furan rings is 1. The topological polar surface area (TPSA) is 126 Å². The highest BCUT2D eigenvalue weighted by molar-refractivity contribution is 5.86. The molecule has 4 aromatic rings. The largest absolute Gasteiger partial charge is 0.463 e. The molecule has 0 atom stereocenters. The van der Waals surface area contributed by atoms with Crippen LogP contribution >= 0.6 is 0 Å². The lowest BCUT2D eigenvalue weighted by atomic mass is 10.2. The average molecular weight is 379 g/mol. The van der Waals surface area contributed by atoms with Crippen molar-refractivity contribution in [3.63, 3.8) is 0 Å². The Labute approximate surface area is 157 Å². The van der Waals surface area contributed by atoms with Crippen molar-refractivity contribution in [1.29, 1.82) is 0 Å². The second-order valence-electron chi connectivity index (χ2n) is 5.66. The normalized spacial score (nSPS) is 10.8. The smallest absolute Gasteiger partial charge is 0.373 e. The minimum Gasteiger partial charge on any atom is -0.463 e. The lowest BCUT2D eigenvalue weighted by molar-refractivity contribution is 0.0563. The van der Waals surface area contributed by atoms with Gasteiger partial charge in [0.2, 0.25) is 11.6 Å². The SMILES string of the molecule is COC(=O)c1ccc(Cn2cc(-c3nc(-c4cnccn4)no3)ccc2=O)o1. The predicted octanol–water partition coefficient (Wildman–Crippen LogP) is 1.78. The molecule has 0 aliphatic heterocycles. The minimum atomic E-state index is -0.588. The van der Waals surface area contributed by atoms with Gasteiger partial charge in [-0.05, 0) is 18.2 Å². The van der Waals surface area contributed by atoms with Gasteiger partial charge in [-0.1, -0.05) is 5.16 Å². The fraction of sp³-hybridized carbons (Fsp3) is 0.111. The van der Waals surface area contributed by atoms with Crippen LogP contribution in [0.5, 0.6) is 0 Å². The molecule has 0 unspecified atom stereocenters. The van der Waals surface area contributed by atoms with Crippen LogP contribution in [0, 0.1) is 0 Å². The van der Waals surface area contributed by atoms with E-state index in [-0.39, 0.29) is 29.6 Å². The Kier molecular flexibility index (Phi) is 4.50. The molecule has 0 amide bonds. The molecule has 28 heavy (non-hydrogen) atoms. The molecule has 4 heterocycles. The van der Waals surface area contributed by atoms with Crippen LogP contribution in [0.1, 0.15) is 16.3 Å². The molecule has 0 aromatic carbocycles. The lowest BCUT2D eigenvalue weighted by Gasteiger charge is -2.04. The van der Waals surface area contributed by atoms with E-state index in [1.165, 1.54) is 36.2 Å². The molecule has 0 aliphatic rings. The van der Waals surface area contributed by atoms with Gasteiger partial charge >= 0.3 is 5.97 Å². The molecule has 0 saturated carbocycles. The van der Waals surface area contributed by atoms with Crippen molar-refractivity contribution in [2.75, 3.05) is 7.11 Å². The predicted molar refractivity (Wildman–Crippen MR) is 94.2 cm³/mol. The third-order valence-electron chi connectivity index (χ3n) is 3.82. The number of aromatic nitrogens is 5. The van der Waals surface area contributed by atoms with Crippen LogP contribution in [0.15, 0.2) is 62.8 Å². The maximum absolute atomic E-state index is 12.2. The number of nitrogens with zero attached hydrogens (tertiary/aromatic N) is 5. The monoisotopic (exact) mass is 379 g/mol. The number of esters is 1. The Hall–Kier alpha value is -4.08. The highest BCUT2D eigenvalue weighted by atomic mass is 16.5. The molecule has 0 aliphatic carbocycles. The van der Waals surface area contributed by atoms with E-state index in [1.54, 1.807) is 24.5 Å². The van der Waals surface area contributed by atoms with Crippen molar-refractivity contribution in [2.24, 2.45) is 0 Å². The minimum absolute atomic E-state index is 0.0622. The van der Waals surface area contributed by atoms with Gasteiger partial charge in [0.1, 0.15) is 11.5 Å². The van der Waals surface area contributed by atoms with Gasteiger partial charge in [-0.2, -0.15) is 4.98 Å². The number of hydrogen-bond donors (Lipinski definition) is 0. The fourth-order valence-electron chi connectivity index (χ4n) is 2.48. The first-order valence-electron chi connectivity index (χ1n) is 8.12. The van der Waals surface area contributed by atoms with Crippen LogP contribution in [0.3, 0.4) is 0 Å². The summed E-state index contributed by atoms with van der Waals surface area (Å²) in [5.74, 6) is 0.408. The molecule has 10 nitrogen and oxygen atoms in total. The summed E-state index contributed by atoms with van der Waals surface area (Å²) in [6, 6.07) is 6.05. The zero-order valence-electron chi connectivity index (χ0n) is 14.6. The molecule has 0 spiro atoms. The van der Waals surface area contributed by atoms with Gasteiger partial charge in [-0.3, -0.25) is 9.78 Å². The summed E-state index contributed by atoms with van der Waals surface area (Å²) in [5.41, 5.74) is 0.757. The third kappa shape index (κ3) is 3.43. The van der Waals surface area contributed by atoms with Crippen LogP contribution in [-0.2, 0) is 11.3 Å². The first-order chi connectivity index (χ1) is 13.6. The summed E-state index contributed by atoms with van der Waals surface area (Å²) in [4.78, 5) is 36.0. The lowest BCUT2D eigenvalue weighted by Crippen LogP contribution is -2.18. The number of carbonyl (C=O) groups excluding carboxylic acids is 1. The van der Waals surface area contributed by atoms with Crippen LogP contribution < -0.4 is 5.56 Å². The van der Waals surface area contributed by atoms with Gasteiger partial charge in [-0.15, -0.1) is 0 Å². The molecule has 0 radical (unpaired) electrons. The maximum atomic E-state index is 12.2. The van der Waals surface area contributed by atoms with Crippen molar-refractivity contribution in [2.45, 2.75) is 6.54 Å². The number of ether oxygens (including phenoxy) is 1. The number of pyridine rings is 1. The summed E-state index contributed by atoms with van der Waals surface area (Å²) in [7, 11) is 1.26. The average Bonchev–Trinajstić information content (AvgIpc) is 3.40. The highest BCUT2D eigenvalue weighted by Crippen LogP contribution is 2.20. The van der Waals surface area contributed by atoms with E-state index in [0.717, 1.165) is 0 Å². The molecular formula is C18H13N5O5. The van der Waals surface area contributed by atoms with Crippen LogP contribution in [0.25, 0.3) is 23.0 Å². The Morgan fingerprint density at radius 1 is 1.21 bits per heavy atom. The van der Waals surface area contributed by atoms with Gasteiger partial charge in [0.05, 0.1) is 25.4 Å². The third-order valence-corrected chi connectivity index (χ3v) is 3.82. The van der Waals surface area contributed by atoms with Gasteiger partial charge in [0.25, 0.3) is 11.4 Å². The Morgan fingerprint density at radius 2 is 2.11 bits per heavy atom. The maximum Gasteiger partial charge on any atom is 0.373 e. The molecule has 140 valence electrons. The zero-order chi connectivity index (χ0) is 19.5. The van der Waals surface area contributed by atoms with Crippen LogP contribution in [-0.4, -0.2) is 37.8 Å². The van der Waals surface area contributed by atoms with E-state index in [1.807, 2.05) is 0 Å². The van der Waals surface area contributed by atoms with E-state index in [2.05, 4.69) is 24.8 Å². The van der Waals surface area contributed by atoms with Crippen molar-refractivity contribution < 1.29 is 18.5 Å². The van der Waals surface area contributed by atoms with E-state index in [0.29, 0.717) is 17.0 Å². The molecule has 0 bridgehead atoms. The van der Waals surface area contributed by atoms with E-state index in [4.69, 9.17) is 8.94 Å². The zero-order valence-corrected chi connectivity index (χ0v) is 14.6. The number of rotatable bonds is 5. The van der Waals surface area contributed by atoms with Crippen molar-refractivity contribution in [1.82, 2.24) is 24.7 Å². The summed E-state index contributed by atoms with van der Waals surface area (Å²) in [6.07, 6.45) is 6.15. The quantitative estimate of drug-likeness (QED) is 0.477. The number of carbonyl (C=O) groups is 1. The first-order valence-corrected chi connectivity index (χ1v) is 8.12. The van der Waals surface area contributed by atoms with Gasteiger partial charge in [-0.25, -0.2) is 9.78 Å². The van der Waals surface area contributed by atoms with Gasteiger partial charge < -0.3 is 18.2 Å². The number of methoxy groups -OCH3 is 1.